The highest BCUT2D eigenvalue weighted by atomic mass is 16.7. The lowest BCUT2D eigenvalue weighted by atomic mass is 9.92. The third-order valence-corrected chi connectivity index (χ3v) is 5.58. The normalized spacial score (nSPS) is 26.4. The van der Waals surface area contributed by atoms with E-state index in [-0.39, 0.29) is 6.61 Å². The van der Waals surface area contributed by atoms with Crippen LogP contribution < -0.4 is 0 Å². The molecule has 0 N–H and O–H groups in total. The van der Waals surface area contributed by atoms with Crippen LogP contribution in [0.1, 0.15) is 69.2 Å². The minimum Gasteiger partial charge on any atom is -0.462 e. The molecule has 208 valence electrons. The molecular weight excluding hydrogens is 486 g/mol. The molecule has 2 saturated heterocycles. The number of esters is 3. The molecule has 2 heterocycles. The van der Waals surface area contributed by atoms with Gasteiger partial charge in [-0.15, -0.1) is 0 Å². The van der Waals surface area contributed by atoms with Crippen LogP contribution in [0.5, 0.6) is 0 Å². The van der Waals surface area contributed by atoms with Gasteiger partial charge in [0.2, 0.25) is 6.29 Å². The first-order valence-corrected chi connectivity index (χ1v) is 12.2. The van der Waals surface area contributed by atoms with Gasteiger partial charge in [-0.05, 0) is 75.3 Å². The van der Waals surface area contributed by atoms with Crippen molar-refractivity contribution in [3.8, 4) is 0 Å². The summed E-state index contributed by atoms with van der Waals surface area (Å²) in [4.78, 5) is 64.7. The zero-order valence-electron chi connectivity index (χ0n) is 23.3. The van der Waals surface area contributed by atoms with Crippen molar-refractivity contribution in [3.63, 3.8) is 0 Å². The number of hydrogen-bond donors (Lipinski definition) is 0. The summed E-state index contributed by atoms with van der Waals surface area (Å²) >= 11 is 0. The van der Waals surface area contributed by atoms with Gasteiger partial charge < -0.3 is 23.7 Å². The Morgan fingerprint density at radius 3 is 1.78 bits per heavy atom. The van der Waals surface area contributed by atoms with E-state index in [4.69, 9.17) is 23.7 Å². The third-order valence-electron chi connectivity index (χ3n) is 5.58. The molecule has 0 unspecified atom stereocenters. The number of amides is 2. The van der Waals surface area contributed by atoms with Gasteiger partial charge in [0.15, 0.2) is 12.2 Å². The van der Waals surface area contributed by atoms with Crippen LogP contribution in [0.3, 0.4) is 0 Å². The molecule has 37 heavy (non-hydrogen) atoms. The largest absolute Gasteiger partial charge is 0.462 e. The minimum absolute atomic E-state index is 0.384. The molecule has 2 aliphatic heterocycles. The van der Waals surface area contributed by atoms with Gasteiger partial charge in [-0.2, -0.15) is 0 Å². The number of rotatable bonds is 5. The second kappa shape index (κ2) is 10.8. The summed E-state index contributed by atoms with van der Waals surface area (Å²) < 4.78 is 28.3. The predicted octanol–water partition coefficient (Wildman–Crippen LogP) is 3.14. The first kappa shape index (κ1) is 30.3. The van der Waals surface area contributed by atoms with Crippen LogP contribution in [0.25, 0.3) is 0 Å². The topological polar surface area (TPSA) is 135 Å². The summed E-state index contributed by atoms with van der Waals surface area (Å²) in [6.45, 7) is 16.0. The summed E-state index contributed by atoms with van der Waals surface area (Å²) in [5.74, 6) is -2.59. The van der Waals surface area contributed by atoms with Crippen molar-refractivity contribution >= 4 is 29.9 Å². The number of imide groups is 1. The monoisotopic (exact) mass is 525 g/mol. The lowest BCUT2D eigenvalue weighted by molar-refractivity contribution is -0.259. The van der Waals surface area contributed by atoms with Gasteiger partial charge in [-0.25, -0.2) is 9.69 Å². The average Bonchev–Trinajstić information content (AvgIpc) is 3.07. The van der Waals surface area contributed by atoms with Gasteiger partial charge in [-0.3, -0.25) is 19.2 Å². The molecule has 0 aromatic carbocycles. The van der Waals surface area contributed by atoms with Crippen molar-refractivity contribution in [1.82, 2.24) is 4.90 Å². The van der Waals surface area contributed by atoms with E-state index >= 15 is 0 Å². The zero-order valence-corrected chi connectivity index (χ0v) is 23.3. The van der Waals surface area contributed by atoms with Crippen molar-refractivity contribution in [2.24, 2.45) is 16.2 Å². The van der Waals surface area contributed by atoms with E-state index in [2.05, 4.69) is 0 Å². The van der Waals surface area contributed by atoms with Crippen LogP contribution in [0.4, 0.5) is 4.79 Å². The van der Waals surface area contributed by atoms with E-state index < -0.39 is 76.8 Å². The fourth-order valence-corrected chi connectivity index (χ4v) is 3.38. The number of allylic oxidation sites excluding steroid dienone is 1. The Morgan fingerprint density at radius 1 is 0.838 bits per heavy atom. The third kappa shape index (κ3) is 7.09. The fourth-order valence-electron chi connectivity index (χ4n) is 3.38. The highest BCUT2D eigenvalue weighted by molar-refractivity contribution is 6.00. The molecule has 0 radical (unpaired) electrons. The van der Waals surface area contributed by atoms with Gasteiger partial charge in [0.05, 0.1) is 16.2 Å². The minimum atomic E-state index is -1.37. The second-order valence-electron chi connectivity index (χ2n) is 12.2. The number of ether oxygens (including phenoxy) is 5. The lowest BCUT2D eigenvalue weighted by Crippen LogP contribution is -2.64. The predicted molar refractivity (Wildman–Crippen MR) is 130 cm³/mol. The molecule has 2 aliphatic rings. The van der Waals surface area contributed by atoms with Crippen LogP contribution in [0, 0.1) is 16.2 Å². The lowest BCUT2D eigenvalue weighted by Gasteiger charge is -2.43. The highest BCUT2D eigenvalue weighted by Crippen LogP contribution is 2.37. The molecule has 0 aromatic rings. The maximum atomic E-state index is 13.0. The number of fused-ring (bicyclic) bond motifs is 1. The fraction of sp³-hybridized carbons (Fsp3) is 0.731. The Kier molecular flexibility index (Phi) is 8.84. The Bertz CT molecular complexity index is 950. The summed E-state index contributed by atoms with van der Waals surface area (Å²) in [7, 11) is 0. The molecule has 11 heteroatoms. The first-order valence-electron chi connectivity index (χ1n) is 12.2. The van der Waals surface area contributed by atoms with Gasteiger partial charge in [0.1, 0.15) is 18.8 Å². The molecule has 2 fully saturated rings. The number of carbonyl (C=O) groups is 5. The summed E-state index contributed by atoms with van der Waals surface area (Å²) in [6.07, 6.45) is -3.64. The first-order chi connectivity index (χ1) is 16.8. The maximum absolute atomic E-state index is 13.0. The molecule has 11 nitrogen and oxygen atoms in total. The molecule has 0 aromatic heterocycles. The average molecular weight is 526 g/mol. The van der Waals surface area contributed by atoms with Crippen molar-refractivity contribution in [3.05, 3.63) is 12.2 Å². The SMILES string of the molecule is C/C=C/C(=O)N1C(=O)O[C@H]2O[C@H](COC(=O)C(C)(C)C)[C@@H](OC(=O)C(C)(C)C)[C@H](OC(=O)C(C)(C)C)[C@H]21. The molecule has 0 bridgehead atoms. The summed E-state index contributed by atoms with van der Waals surface area (Å²) in [6, 6.07) is -1.25. The van der Waals surface area contributed by atoms with E-state index in [0.717, 1.165) is 11.0 Å². The standard InChI is InChI=1S/C26H39NO10/c1-11-12-15(28)27-16-18(36-22(31)26(8,9)10)17(35-21(30)25(5,6)7)14(34-19(16)37-23(27)32)13-33-20(29)24(2,3)4/h11-12,14,16-19H,13H2,1-10H3/b12-11+/t14-,16-,17-,18-,19-/m1/s1. The van der Waals surface area contributed by atoms with Crippen molar-refractivity contribution in [1.29, 1.82) is 0 Å². The van der Waals surface area contributed by atoms with Crippen LogP contribution in [-0.4, -0.2) is 72.1 Å². The van der Waals surface area contributed by atoms with E-state index in [9.17, 15) is 24.0 Å². The maximum Gasteiger partial charge on any atom is 0.419 e. The molecular formula is C26H39NO10. The van der Waals surface area contributed by atoms with E-state index in [0.29, 0.717) is 0 Å². The Hall–Kier alpha value is -2.95. The Labute approximate surface area is 217 Å². The van der Waals surface area contributed by atoms with Crippen molar-refractivity contribution in [2.75, 3.05) is 6.61 Å². The molecule has 2 amide bonds. The molecule has 0 aliphatic carbocycles. The molecule has 0 spiro atoms. The zero-order chi connectivity index (χ0) is 28.5. The van der Waals surface area contributed by atoms with Gasteiger partial charge >= 0.3 is 24.0 Å². The number of hydrogen-bond acceptors (Lipinski definition) is 10. The van der Waals surface area contributed by atoms with Crippen molar-refractivity contribution in [2.45, 2.75) is 99.9 Å². The van der Waals surface area contributed by atoms with Crippen LogP contribution in [-0.2, 0) is 42.9 Å². The number of carbonyl (C=O) groups excluding carboxylic acids is 5. The Balaban J connectivity index is 2.58. The van der Waals surface area contributed by atoms with Crippen LogP contribution in [0.2, 0.25) is 0 Å². The van der Waals surface area contributed by atoms with Gasteiger partial charge in [0, 0.05) is 0 Å². The van der Waals surface area contributed by atoms with Gasteiger partial charge in [0.25, 0.3) is 5.91 Å². The van der Waals surface area contributed by atoms with Gasteiger partial charge in [-0.1, -0.05) is 6.08 Å². The Morgan fingerprint density at radius 2 is 1.32 bits per heavy atom. The highest BCUT2D eigenvalue weighted by Gasteiger charge is 2.61. The quantitative estimate of drug-likeness (QED) is 0.299. The molecule has 5 atom stereocenters. The van der Waals surface area contributed by atoms with E-state index in [1.54, 1.807) is 69.2 Å². The van der Waals surface area contributed by atoms with Crippen LogP contribution in [0.15, 0.2) is 12.2 Å². The van der Waals surface area contributed by atoms with E-state index in [1.807, 2.05) is 0 Å². The number of nitrogens with zero attached hydrogens (tertiary/aromatic N) is 1. The summed E-state index contributed by atoms with van der Waals surface area (Å²) in [5.41, 5.74) is -2.75. The molecule has 0 saturated carbocycles. The van der Waals surface area contributed by atoms with E-state index in [1.165, 1.54) is 6.08 Å². The second-order valence-corrected chi connectivity index (χ2v) is 12.2. The van der Waals surface area contributed by atoms with Crippen LogP contribution >= 0.6 is 0 Å². The summed E-state index contributed by atoms with van der Waals surface area (Å²) in [5, 5.41) is 0. The molecule has 2 rings (SSSR count). The van der Waals surface area contributed by atoms with Crippen molar-refractivity contribution < 1.29 is 47.7 Å². The smallest absolute Gasteiger partial charge is 0.419 e.